The summed E-state index contributed by atoms with van der Waals surface area (Å²) in [5, 5.41) is 1.18. The van der Waals surface area contributed by atoms with Gasteiger partial charge in [-0.2, -0.15) is 0 Å². The summed E-state index contributed by atoms with van der Waals surface area (Å²) in [5.41, 5.74) is 7.85. The van der Waals surface area contributed by atoms with E-state index in [0.29, 0.717) is 12.5 Å². The van der Waals surface area contributed by atoms with Crippen molar-refractivity contribution in [3.63, 3.8) is 0 Å². The van der Waals surface area contributed by atoms with Gasteiger partial charge in [0.05, 0.1) is 6.26 Å². The largest absolute Gasteiger partial charge is 0.464 e. The maximum absolute atomic E-state index is 5.63. The van der Waals surface area contributed by atoms with Crippen molar-refractivity contribution in [2.75, 3.05) is 6.54 Å². The molecule has 0 bridgehead atoms. The van der Waals surface area contributed by atoms with E-state index in [1.807, 2.05) is 18.2 Å². The van der Waals surface area contributed by atoms with Crippen LogP contribution >= 0.6 is 0 Å². The van der Waals surface area contributed by atoms with Gasteiger partial charge in [0.15, 0.2) is 0 Å². The average molecular weight is 175 g/mol. The highest BCUT2D eigenvalue weighted by atomic mass is 16.3. The highest BCUT2D eigenvalue weighted by Gasteiger charge is 2.08. The summed E-state index contributed by atoms with van der Waals surface area (Å²) in [5.74, 6) is 0.390. The van der Waals surface area contributed by atoms with Gasteiger partial charge in [0.25, 0.3) is 0 Å². The second-order valence-corrected chi connectivity index (χ2v) is 3.32. The van der Waals surface area contributed by atoms with E-state index < -0.39 is 0 Å². The molecule has 0 aliphatic carbocycles. The van der Waals surface area contributed by atoms with Crippen molar-refractivity contribution in [2.24, 2.45) is 5.73 Å². The molecule has 2 heteroatoms. The maximum atomic E-state index is 5.63. The van der Waals surface area contributed by atoms with E-state index in [-0.39, 0.29) is 0 Å². The predicted octanol–water partition coefficient (Wildman–Crippen LogP) is 2.50. The van der Waals surface area contributed by atoms with E-state index in [9.17, 15) is 0 Å². The van der Waals surface area contributed by atoms with Crippen LogP contribution in [-0.4, -0.2) is 6.54 Å². The molecule has 1 aromatic carbocycles. The van der Waals surface area contributed by atoms with Crippen LogP contribution in [0.1, 0.15) is 18.4 Å². The van der Waals surface area contributed by atoms with Gasteiger partial charge in [0, 0.05) is 5.39 Å². The third-order valence-corrected chi connectivity index (χ3v) is 2.41. The second kappa shape index (κ2) is 3.23. The lowest BCUT2D eigenvalue weighted by molar-refractivity contribution is 0.615. The van der Waals surface area contributed by atoms with Gasteiger partial charge in [0.1, 0.15) is 5.58 Å². The average Bonchev–Trinajstić information content (AvgIpc) is 2.63. The normalized spacial score (nSPS) is 13.4. The molecule has 0 radical (unpaired) electrons. The van der Waals surface area contributed by atoms with Crippen molar-refractivity contribution in [1.82, 2.24) is 0 Å². The SMILES string of the molecule is CC(CN)c1cccc2occc12. The quantitative estimate of drug-likeness (QED) is 0.761. The lowest BCUT2D eigenvalue weighted by Gasteiger charge is -2.09. The Morgan fingerprint density at radius 2 is 2.23 bits per heavy atom. The summed E-state index contributed by atoms with van der Waals surface area (Å²) in [6.45, 7) is 2.80. The highest BCUT2D eigenvalue weighted by molar-refractivity contribution is 5.81. The van der Waals surface area contributed by atoms with Gasteiger partial charge < -0.3 is 10.2 Å². The minimum atomic E-state index is 0.390. The molecule has 1 aromatic heterocycles. The smallest absolute Gasteiger partial charge is 0.134 e. The minimum Gasteiger partial charge on any atom is -0.464 e. The molecule has 1 unspecified atom stereocenters. The Kier molecular flexibility index (Phi) is 2.07. The van der Waals surface area contributed by atoms with E-state index in [1.165, 1.54) is 10.9 Å². The highest BCUT2D eigenvalue weighted by Crippen LogP contribution is 2.25. The van der Waals surface area contributed by atoms with Crippen molar-refractivity contribution in [3.8, 4) is 0 Å². The van der Waals surface area contributed by atoms with Gasteiger partial charge in [-0.1, -0.05) is 19.1 Å². The first-order valence-corrected chi connectivity index (χ1v) is 4.49. The van der Waals surface area contributed by atoms with Gasteiger partial charge in [-0.25, -0.2) is 0 Å². The van der Waals surface area contributed by atoms with Gasteiger partial charge in [-0.15, -0.1) is 0 Å². The molecule has 0 saturated heterocycles. The molecule has 0 fully saturated rings. The number of rotatable bonds is 2. The van der Waals surface area contributed by atoms with Crippen molar-refractivity contribution in [2.45, 2.75) is 12.8 Å². The molecule has 13 heavy (non-hydrogen) atoms. The molecule has 68 valence electrons. The topological polar surface area (TPSA) is 39.2 Å². The number of hydrogen-bond acceptors (Lipinski definition) is 2. The molecule has 0 spiro atoms. The summed E-state index contributed by atoms with van der Waals surface area (Å²) >= 11 is 0. The third kappa shape index (κ3) is 1.33. The van der Waals surface area contributed by atoms with Gasteiger partial charge >= 0.3 is 0 Å². The van der Waals surface area contributed by atoms with Crippen LogP contribution in [-0.2, 0) is 0 Å². The molecule has 0 aliphatic rings. The first-order chi connectivity index (χ1) is 6.33. The third-order valence-electron chi connectivity index (χ3n) is 2.41. The van der Waals surface area contributed by atoms with Gasteiger partial charge in [0.2, 0.25) is 0 Å². The molecule has 1 heterocycles. The van der Waals surface area contributed by atoms with Crippen LogP contribution in [0.3, 0.4) is 0 Å². The van der Waals surface area contributed by atoms with E-state index in [2.05, 4.69) is 13.0 Å². The number of nitrogens with two attached hydrogens (primary N) is 1. The molecule has 2 N–H and O–H groups in total. The summed E-state index contributed by atoms with van der Waals surface area (Å²) in [7, 11) is 0. The van der Waals surface area contributed by atoms with E-state index in [1.54, 1.807) is 6.26 Å². The van der Waals surface area contributed by atoms with E-state index in [0.717, 1.165) is 5.58 Å². The van der Waals surface area contributed by atoms with Crippen LogP contribution in [0.2, 0.25) is 0 Å². The maximum Gasteiger partial charge on any atom is 0.134 e. The summed E-state index contributed by atoms with van der Waals surface area (Å²) < 4.78 is 5.31. The zero-order chi connectivity index (χ0) is 9.26. The zero-order valence-corrected chi connectivity index (χ0v) is 7.66. The number of furan rings is 1. The fraction of sp³-hybridized carbons (Fsp3) is 0.273. The van der Waals surface area contributed by atoms with Crippen molar-refractivity contribution in [1.29, 1.82) is 0 Å². The predicted molar refractivity (Wildman–Crippen MR) is 53.7 cm³/mol. The van der Waals surface area contributed by atoms with Gasteiger partial charge in [-0.05, 0) is 30.2 Å². The Morgan fingerprint density at radius 1 is 1.38 bits per heavy atom. The van der Waals surface area contributed by atoms with Crippen LogP contribution in [0, 0.1) is 0 Å². The molecule has 1 atom stereocenters. The standard InChI is InChI=1S/C11H13NO/c1-8(7-12)9-3-2-4-11-10(9)5-6-13-11/h2-6,8H,7,12H2,1H3. The Labute approximate surface area is 77.3 Å². The molecule has 2 aromatic rings. The molecule has 0 saturated carbocycles. The summed E-state index contributed by atoms with van der Waals surface area (Å²) in [6.07, 6.45) is 1.72. The van der Waals surface area contributed by atoms with Gasteiger partial charge in [-0.3, -0.25) is 0 Å². The number of fused-ring (bicyclic) bond motifs is 1. The first-order valence-electron chi connectivity index (χ1n) is 4.49. The van der Waals surface area contributed by atoms with Crippen molar-refractivity contribution < 1.29 is 4.42 Å². The summed E-state index contributed by atoms with van der Waals surface area (Å²) in [6, 6.07) is 8.08. The van der Waals surface area contributed by atoms with Crippen LogP contribution in [0.4, 0.5) is 0 Å². The Hall–Kier alpha value is -1.28. The Balaban J connectivity index is 2.60. The molecule has 2 nitrogen and oxygen atoms in total. The van der Waals surface area contributed by atoms with Crippen LogP contribution in [0.5, 0.6) is 0 Å². The minimum absolute atomic E-state index is 0.390. The lowest BCUT2D eigenvalue weighted by Crippen LogP contribution is -2.08. The van der Waals surface area contributed by atoms with Crippen molar-refractivity contribution >= 4 is 11.0 Å². The lowest BCUT2D eigenvalue weighted by atomic mass is 9.98. The molecular weight excluding hydrogens is 162 g/mol. The molecular formula is C11H13NO. The fourth-order valence-electron chi connectivity index (χ4n) is 1.57. The molecule has 0 amide bonds. The number of benzene rings is 1. The first kappa shape index (κ1) is 8.32. The Bertz CT molecular complexity index is 405. The summed E-state index contributed by atoms with van der Waals surface area (Å²) in [4.78, 5) is 0. The zero-order valence-electron chi connectivity index (χ0n) is 7.66. The van der Waals surface area contributed by atoms with Crippen LogP contribution in [0.15, 0.2) is 34.9 Å². The number of hydrogen-bond donors (Lipinski definition) is 1. The molecule has 0 aliphatic heterocycles. The second-order valence-electron chi connectivity index (χ2n) is 3.32. The Morgan fingerprint density at radius 3 is 3.00 bits per heavy atom. The van der Waals surface area contributed by atoms with E-state index >= 15 is 0 Å². The van der Waals surface area contributed by atoms with E-state index in [4.69, 9.17) is 10.2 Å². The van der Waals surface area contributed by atoms with Crippen LogP contribution in [0.25, 0.3) is 11.0 Å². The monoisotopic (exact) mass is 175 g/mol. The fourth-order valence-corrected chi connectivity index (χ4v) is 1.57. The molecule has 2 rings (SSSR count). The van der Waals surface area contributed by atoms with Crippen LogP contribution < -0.4 is 5.73 Å². The van der Waals surface area contributed by atoms with Crippen molar-refractivity contribution in [3.05, 3.63) is 36.1 Å².